The molecule has 2 atom stereocenters. The van der Waals surface area contributed by atoms with Gasteiger partial charge in [-0.2, -0.15) is 0 Å². The number of aromatic nitrogens is 4. The van der Waals surface area contributed by atoms with Crippen molar-refractivity contribution in [2.24, 2.45) is 22.1 Å². The van der Waals surface area contributed by atoms with Crippen molar-refractivity contribution in [3.63, 3.8) is 0 Å². The Labute approximate surface area is 275 Å². The van der Waals surface area contributed by atoms with E-state index in [0.717, 1.165) is 84.0 Å². The Balaban J connectivity index is 0.000000147. The second kappa shape index (κ2) is 11.9. The largest absolute Gasteiger partial charge is 0.474 e. The van der Waals surface area contributed by atoms with Gasteiger partial charge in [0.2, 0.25) is 11.8 Å². The Kier molecular flexibility index (Phi) is 7.93. The molecule has 0 spiro atoms. The van der Waals surface area contributed by atoms with Crippen LogP contribution in [0.5, 0.6) is 11.8 Å². The average molecular weight is 660 g/mol. The zero-order chi connectivity index (χ0) is 32.1. The Morgan fingerprint density at radius 1 is 0.630 bits per heavy atom. The molecule has 14 heteroatoms. The first-order valence-corrected chi connectivity index (χ1v) is 16.3. The molecule has 4 aliphatic rings. The number of hydrogen-bond donors (Lipinski definition) is 0. The van der Waals surface area contributed by atoms with Crippen LogP contribution in [0, 0.1) is 11.8 Å². The van der Waals surface area contributed by atoms with Crippen LogP contribution in [-0.2, 0) is 11.1 Å². The summed E-state index contributed by atoms with van der Waals surface area (Å²) < 4.78 is 11.8. The Hall–Kier alpha value is -4.08. The SMILES string of the molecule is C[C@@](N=[N+]=[N-])(c1cnc(OC2CC2)c2cnc(Cl)cc12)C1CC1.C[C@](N=[N+]=[N-])(c1cnc(OC2CC2)c2cnc(Cl)cc12)C1CC1. The van der Waals surface area contributed by atoms with E-state index >= 15 is 0 Å². The molecule has 0 aliphatic heterocycles. The standard InChI is InChI=1S/2C16H16ClN5O/c2*1-16(21-22-18,9-2-3-9)13-8-20-15(23-10-4-5-10)12-7-19-14(17)6-11(12)13/h2*6-10H,2-5H2,1H3/t2*16-/m10/s1. The molecule has 8 rings (SSSR count). The molecule has 4 aromatic rings. The van der Waals surface area contributed by atoms with E-state index in [1.165, 1.54) is 0 Å². The van der Waals surface area contributed by atoms with Gasteiger partial charge in [-0.3, -0.25) is 0 Å². The molecule has 0 bridgehead atoms. The Morgan fingerprint density at radius 3 is 1.35 bits per heavy atom. The molecule has 0 radical (unpaired) electrons. The van der Waals surface area contributed by atoms with E-state index in [0.29, 0.717) is 33.9 Å². The highest BCUT2D eigenvalue weighted by molar-refractivity contribution is 6.30. The normalized spacial score (nSPS) is 19.9. The molecule has 4 aromatic heterocycles. The van der Waals surface area contributed by atoms with Crippen molar-refractivity contribution in [3.05, 3.63) is 79.2 Å². The van der Waals surface area contributed by atoms with Crippen LogP contribution in [0.25, 0.3) is 42.4 Å². The Bertz CT molecular complexity index is 1790. The first kappa shape index (κ1) is 30.6. The highest BCUT2D eigenvalue weighted by Crippen LogP contribution is 2.52. The molecular weight excluding hydrogens is 627 g/mol. The van der Waals surface area contributed by atoms with Crippen LogP contribution in [0.15, 0.2) is 47.1 Å². The van der Waals surface area contributed by atoms with Gasteiger partial charge in [0.25, 0.3) is 0 Å². The lowest BCUT2D eigenvalue weighted by atomic mass is 9.86. The van der Waals surface area contributed by atoms with Crippen LogP contribution < -0.4 is 9.47 Å². The summed E-state index contributed by atoms with van der Waals surface area (Å²) in [7, 11) is 0. The number of pyridine rings is 4. The quantitative estimate of drug-likeness (QED) is 0.0711. The zero-order valence-electron chi connectivity index (χ0n) is 25.5. The summed E-state index contributed by atoms with van der Waals surface area (Å²) in [6.07, 6.45) is 15.9. The molecule has 4 saturated carbocycles. The predicted octanol–water partition coefficient (Wildman–Crippen LogP) is 9.52. The maximum absolute atomic E-state index is 9.02. The third kappa shape index (κ3) is 6.06. The second-order valence-electron chi connectivity index (χ2n) is 12.9. The fraction of sp³-hybridized carbons (Fsp3) is 0.500. The first-order valence-electron chi connectivity index (χ1n) is 15.6. The number of halogens is 2. The van der Waals surface area contributed by atoms with E-state index in [1.807, 2.05) is 13.8 Å². The van der Waals surface area contributed by atoms with Crippen LogP contribution in [0.1, 0.15) is 76.3 Å². The van der Waals surface area contributed by atoms with E-state index in [2.05, 4.69) is 40.0 Å². The predicted molar refractivity (Wildman–Crippen MR) is 175 cm³/mol. The van der Waals surface area contributed by atoms with Crippen molar-refractivity contribution in [1.29, 1.82) is 0 Å². The van der Waals surface area contributed by atoms with Gasteiger partial charge in [0.05, 0.1) is 21.9 Å². The molecule has 46 heavy (non-hydrogen) atoms. The summed E-state index contributed by atoms with van der Waals surface area (Å²) in [5.74, 6) is 1.83. The minimum absolute atomic E-state index is 0.249. The number of ether oxygens (including phenoxy) is 2. The molecule has 0 amide bonds. The van der Waals surface area contributed by atoms with Gasteiger partial charge in [-0.1, -0.05) is 33.4 Å². The zero-order valence-corrected chi connectivity index (χ0v) is 27.0. The lowest BCUT2D eigenvalue weighted by molar-refractivity contribution is 0.294. The first-order chi connectivity index (χ1) is 22.2. The van der Waals surface area contributed by atoms with Crippen LogP contribution in [0.4, 0.5) is 0 Å². The van der Waals surface area contributed by atoms with Gasteiger partial charge in [0, 0.05) is 34.6 Å². The molecule has 0 unspecified atom stereocenters. The van der Waals surface area contributed by atoms with E-state index < -0.39 is 11.1 Å². The molecule has 4 aliphatic carbocycles. The number of hydrogen-bond acceptors (Lipinski definition) is 8. The summed E-state index contributed by atoms with van der Waals surface area (Å²) in [5, 5.41) is 12.5. The van der Waals surface area contributed by atoms with Crippen LogP contribution >= 0.6 is 23.2 Å². The molecule has 12 nitrogen and oxygen atoms in total. The molecule has 0 N–H and O–H groups in total. The van der Waals surface area contributed by atoms with E-state index in [4.69, 9.17) is 43.7 Å². The highest BCUT2D eigenvalue weighted by Gasteiger charge is 2.45. The van der Waals surface area contributed by atoms with E-state index in [-0.39, 0.29) is 12.2 Å². The van der Waals surface area contributed by atoms with Crippen LogP contribution in [0.2, 0.25) is 10.3 Å². The Morgan fingerprint density at radius 2 is 1.02 bits per heavy atom. The van der Waals surface area contributed by atoms with E-state index in [1.54, 1.807) is 36.9 Å². The summed E-state index contributed by atoms with van der Waals surface area (Å²) in [5.41, 5.74) is 18.6. The van der Waals surface area contributed by atoms with Crippen molar-refractivity contribution in [2.45, 2.75) is 88.5 Å². The van der Waals surface area contributed by atoms with Gasteiger partial charge in [-0.25, -0.2) is 19.9 Å². The topological polar surface area (TPSA) is 168 Å². The highest BCUT2D eigenvalue weighted by atomic mass is 35.5. The second-order valence-corrected chi connectivity index (χ2v) is 13.7. The van der Waals surface area contributed by atoms with Gasteiger partial charge in [-0.15, -0.1) is 0 Å². The molecule has 236 valence electrons. The van der Waals surface area contributed by atoms with Crippen molar-refractivity contribution in [3.8, 4) is 11.8 Å². The van der Waals surface area contributed by atoms with Crippen LogP contribution in [-0.4, -0.2) is 32.1 Å². The summed E-state index contributed by atoms with van der Waals surface area (Å²) >= 11 is 12.2. The minimum Gasteiger partial charge on any atom is -0.474 e. The minimum atomic E-state index is -0.622. The van der Waals surface area contributed by atoms with E-state index in [9.17, 15) is 0 Å². The van der Waals surface area contributed by atoms with Crippen molar-refractivity contribution in [2.75, 3.05) is 0 Å². The van der Waals surface area contributed by atoms with Crippen molar-refractivity contribution < 1.29 is 9.47 Å². The number of nitrogens with zero attached hydrogens (tertiary/aromatic N) is 10. The molecule has 4 fully saturated rings. The van der Waals surface area contributed by atoms with Gasteiger partial charge in [0.1, 0.15) is 22.5 Å². The van der Waals surface area contributed by atoms with Gasteiger partial charge >= 0.3 is 0 Å². The summed E-state index contributed by atoms with van der Waals surface area (Å²) in [6.45, 7) is 3.94. The van der Waals surface area contributed by atoms with Gasteiger partial charge in [0.15, 0.2) is 0 Å². The fourth-order valence-corrected chi connectivity index (χ4v) is 6.36. The summed E-state index contributed by atoms with van der Waals surface area (Å²) in [6, 6.07) is 3.61. The number of rotatable bonds is 10. The van der Waals surface area contributed by atoms with Gasteiger partial charge < -0.3 is 9.47 Å². The smallest absolute Gasteiger partial charge is 0.223 e. The third-order valence-corrected chi connectivity index (χ3v) is 9.76. The molecular formula is C32H32Cl2N10O2. The van der Waals surface area contributed by atoms with Crippen LogP contribution in [0.3, 0.4) is 0 Å². The number of azide groups is 2. The lowest BCUT2D eigenvalue weighted by Gasteiger charge is -2.26. The number of fused-ring (bicyclic) bond motifs is 2. The van der Waals surface area contributed by atoms with Crippen molar-refractivity contribution in [1.82, 2.24) is 19.9 Å². The van der Waals surface area contributed by atoms with Crippen molar-refractivity contribution >= 4 is 44.7 Å². The molecule has 4 heterocycles. The maximum Gasteiger partial charge on any atom is 0.223 e. The average Bonchev–Trinajstić information content (AvgIpc) is 3.85. The fourth-order valence-electron chi connectivity index (χ4n) is 6.04. The third-order valence-electron chi connectivity index (χ3n) is 9.35. The lowest BCUT2D eigenvalue weighted by Crippen LogP contribution is -2.22. The van der Waals surface area contributed by atoms with Gasteiger partial charge in [-0.05, 0) is 122 Å². The molecule has 0 saturated heterocycles. The molecule has 0 aromatic carbocycles. The monoisotopic (exact) mass is 658 g/mol. The summed E-state index contributed by atoms with van der Waals surface area (Å²) in [4.78, 5) is 23.5. The maximum atomic E-state index is 9.02.